The van der Waals surface area contributed by atoms with Gasteiger partial charge in [-0.15, -0.1) is 0 Å². The number of aryl methyl sites for hydroxylation is 2. The zero-order valence-corrected chi connectivity index (χ0v) is 22.7. The van der Waals surface area contributed by atoms with Gasteiger partial charge in [0.05, 0.1) is 0 Å². The molecule has 2 heteroatoms. The predicted octanol–water partition coefficient (Wildman–Crippen LogP) is 4.04. The predicted molar refractivity (Wildman–Crippen MR) is 143 cm³/mol. The van der Waals surface area contributed by atoms with Crippen LogP contribution in [0.2, 0.25) is 0 Å². The molecule has 32 heavy (non-hydrogen) atoms. The SMILES string of the molecule is Cc1cccc(C)[c]1[Bi]1[c]2ccccc2P(c2ccccc2)c2cc3ccccc3c[c]21. The van der Waals surface area contributed by atoms with E-state index >= 15 is 0 Å². The van der Waals surface area contributed by atoms with Crippen molar-refractivity contribution in [2.75, 3.05) is 0 Å². The Morgan fingerprint density at radius 2 is 1.16 bits per heavy atom. The third kappa shape index (κ3) is 3.26. The second kappa shape index (κ2) is 8.22. The van der Waals surface area contributed by atoms with Crippen LogP contribution < -0.4 is 25.7 Å². The van der Waals surface area contributed by atoms with Gasteiger partial charge in [0.2, 0.25) is 0 Å². The van der Waals surface area contributed by atoms with Crippen molar-refractivity contribution in [3.8, 4) is 0 Å². The Bertz CT molecular complexity index is 1430. The van der Waals surface area contributed by atoms with Crippen LogP contribution in [0.15, 0.2) is 109 Å². The summed E-state index contributed by atoms with van der Waals surface area (Å²) in [6.07, 6.45) is 0. The van der Waals surface area contributed by atoms with Gasteiger partial charge in [-0.1, -0.05) is 0 Å². The summed E-state index contributed by atoms with van der Waals surface area (Å²) in [6.45, 7) is 4.63. The molecule has 0 radical (unpaired) electrons. The minimum absolute atomic E-state index is 0.557. The molecule has 0 aliphatic carbocycles. The van der Waals surface area contributed by atoms with Gasteiger partial charge in [0, 0.05) is 0 Å². The molecule has 0 amide bonds. The van der Waals surface area contributed by atoms with Gasteiger partial charge < -0.3 is 0 Å². The van der Waals surface area contributed by atoms with Gasteiger partial charge in [-0.3, -0.25) is 0 Å². The molecule has 1 unspecified atom stereocenters. The van der Waals surface area contributed by atoms with E-state index < -0.39 is 29.7 Å². The molecule has 0 saturated carbocycles. The molecule has 0 nitrogen and oxygen atoms in total. The van der Waals surface area contributed by atoms with Crippen LogP contribution in [0.5, 0.6) is 0 Å². The van der Waals surface area contributed by atoms with Crippen LogP contribution in [0.4, 0.5) is 0 Å². The summed E-state index contributed by atoms with van der Waals surface area (Å²) in [5.74, 6) is 0. The third-order valence-electron chi connectivity index (χ3n) is 6.37. The molecule has 1 heterocycles. The van der Waals surface area contributed by atoms with E-state index in [2.05, 4.69) is 123 Å². The molecule has 1 aliphatic heterocycles. The summed E-state index contributed by atoms with van der Waals surface area (Å²) in [5, 5.41) is 7.36. The maximum absolute atomic E-state index is 2.56. The molecule has 5 aromatic rings. The molecule has 5 aromatic carbocycles. The van der Waals surface area contributed by atoms with Gasteiger partial charge in [-0.25, -0.2) is 0 Å². The van der Waals surface area contributed by atoms with E-state index in [1.807, 2.05) is 0 Å². The van der Waals surface area contributed by atoms with Gasteiger partial charge in [0.25, 0.3) is 0 Å². The van der Waals surface area contributed by atoms with Crippen molar-refractivity contribution in [1.82, 2.24) is 0 Å². The fraction of sp³-hybridized carbons (Fsp3) is 0.0667. The first kappa shape index (κ1) is 20.3. The Morgan fingerprint density at radius 1 is 0.531 bits per heavy atom. The fourth-order valence-corrected chi connectivity index (χ4v) is 21.9. The maximum atomic E-state index is 2.56. The van der Waals surface area contributed by atoms with E-state index in [-0.39, 0.29) is 0 Å². The molecule has 0 fully saturated rings. The van der Waals surface area contributed by atoms with Crippen molar-refractivity contribution >= 4 is 66.2 Å². The first-order valence-electron chi connectivity index (χ1n) is 11.1. The molecule has 154 valence electrons. The molecule has 1 atom stereocenters. The fourth-order valence-electron chi connectivity index (χ4n) is 4.93. The van der Waals surface area contributed by atoms with Crippen LogP contribution in [-0.2, 0) is 0 Å². The molecule has 0 N–H and O–H groups in total. The van der Waals surface area contributed by atoms with Gasteiger partial charge in [0.15, 0.2) is 0 Å². The van der Waals surface area contributed by atoms with Crippen molar-refractivity contribution in [3.63, 3.8) is 0 Å². The zero-order chi connectivity index (χ0) is 21.7. The van der Waals surface area contributed by atoms with Crippen LogP contribution >= 0.6 is 7.92 Å². The van der Waals surface area contributed by atoms with E-state index in [4.69, 9.17) is 0 Å². The molecule has 0 aromatic heterocycles. The van der Waals surface area contributed by atoms with Crippen molar-refractivity contribution < 1.29 is 0 Å². The minimum atomic E-state index is -2.48. The van der Waals surface area contributed by atoms with Gasteiger partial charge >= 0.3 is 200 Å². The quantitative estimate of drug-likeness (QED) is 0.202. The standard InChI is InChI=1S/C22H15P.C8H9.Bi/c1-3-11-20(12-4-1)23(21-13-5-2-6-14-21)22-16-15-18-9-7-8-10-19(18)17-22;1-7-4-3-5-8(2)6-7;/h1-13,15,17H;3-5H,1-2H3;. The third-order valence-corrected chi connectivity index (χ3v) is 21.5. The number of rotatable bonds is 2. The second-order valence-corrected chi connectivity index (χ2v) is 18.7. The average molecular weight is 624 g/mol. The van der Waals surface area contributed by atoms with Crippen molar-refractivity contribution in [1.29, 1.82) is 0 Å². The van der Waals surface area contributed by atoms with Crippen molar-refractivity contribution in [2.24, 2.45) is 0 Å². The van der Waals surface area contributed by atoms with Crippen LogP contribution in [0.3, 0.4) is 0 Å². The number of hydrogen-bond donors (Lipinski definition) is 0. The Balaban J connectivity index is 1.73. The van der Waals surface area contributed by atoms with Crippen LogP contribution in [-0.4, -0.2) is 21.8 Å². The van der Waals surface area contributed by atoms with E-state index in [0.29, 0.717) is 0 Å². The van der Waals surface area contributed by atoms with Crippen molar-refractivity contribution in [2.45, 2.75) is 13.8 Å². The average Bonchev–Trinajstić information content (AvgIpc) is 2.83. The normalized spacial score (nSPS) is 15.4. The first-order chi connectivity index (χ1) is 15.7. The Morgan fingerprint density at radius 3 is 1.91 bits per heavy atom. The molecule has 0 bridgehead atoms. The van der Waals surface area contributed by atoms with E-state index in [1.54, 1.807) is 20.4 Å². The van der Waals surface area contributed by atoms with E-state index in [1.165, 1.54) is 27.2 Å². The number of fused-ring (bicyclic) bond motifs is 3. The topological polar surface area (TPSA) is 0 Å². The summed E-state index contributed by atoms with van der Waals surface area (Å²) < 4.78 is 5.00. The zero-order valence-electron chi connectivity index (χ0n) is 18.3. The first-order valence-corrected chi connectivity index (χ1v) is 17.6. The van der Waals surface area contributed by atoms with Gasteiger partial charge in [-0.05, 0) is 0 Å². The van der Waals surface area contributed by atoms with Crippen LogP contribution in [0.1, 0.15) is 11.1 Å². The van der Waals surface area contributed by atoms with Gasteiger partial charge in [-0.2, -0.15) is 0 Å². The summed E-state index contributed by atoms with van der Waals surface area (Å²) >= 11 is -2.48. The monoisotopic (exact) mass is 624 g/mol. The summed E-state index contributed by atoms with van der Waals surface area (Å²) in [7, 11) is -0.557. The summed E-state index contributed by atoms with van der Waals surface area (Å²) in [6, 6.07) is 41.4. The molecule has 0 spiro atoms. The van der Waals surface area contributed by atoms with Crippen LogP contribution in [0.25, 0.3) is 10.8 Å². The van der Waals surface area contributed by atoms with E-state index in [0.717, 1.165) is 0 Å². The Kier molecular flexibility index (Phi) is 5.21. The molecule has 6 rings (SSSR count). The molecule has 1 aliphatic rings. The molecular formula is C30H24BiP. The molecular weight excluding hydrogens is 600 g/mol. The molecule has 0 saturated heterocycles. The second-order valence-electron chi connectivity index (χ2n) is 8.42. The van der Waals surface area contributed by atoms with Crippen LogP contribution in [0, 0.1) is 13.8 Å². The number of hydrogen-bond acceptors (Lipinski definition) is 0. The summed E-state index contributed by atoms with van der Waals surface area (Å²) in [5.41, 5.74) is 2.92. The Labute approximate surface area is 199 Å². The van der Waals surface area contributed by atoms with E-state index in [9.17, 15) is 0 Å². The Hall–Kier alpha value is -2.33. The van der Waals surface area contributed by atoms with Crippen molar-refractivity contribution in [3.05, 3.63) is 120 Å². The van der Waals surface area contributed by atoms with Gasteiger partial charge in [0.1, 0.15) is 0 Å². The summed E-state index contributed by atoms with van der Waals surface area (Å²) in [4.78, 5) is 0. The number of benzene rings is 5.